The molecule has 5 nitrogen and oxygen atoms in total. The molecule has 0 aromatic carbocycles. The molecule has 6 heteroatoms. The maximum absolute atomic E-state index is 11.9. The van der Waals surface area contributed by atoms with E-state index in [2.05, 4.69) is 20.5 Å². The van der Waals surface area contributed by atoms with Crippen LogP contribution in [0.4, 0.5) is 11.5 Å². The third-order valence-electron chi connectivity index (χ3n) is 3.48. The van der Waals surface area contributed by atoms with Crippen molar-refractivity contribution < 1.29 is 4.79 Å². The average Bonchev–Trinajstić information content (AvgIpc) is 3.13. The van der Waals surface area contributed by atoms with Crippen LogP contribution in [-0.2, 0) is 4.79 Å². The highest BCUT2D eigenvalue weighted by atomic mass is 32.2. The molecule has 2 aliphatic heterocycles. The number of aromatic nitrogens is 1. The van der Waals surface area contributed by atoms with Crippen molar-refractivity contribution in [2.75, 3.05) is 34.9 Å². The number of hydrogen-bond donors (Lipinski definition) is 2. The molecule has 3 rings (SSSR count). The molecule has 0 bridgehead atoms. The van der Waals surface area contributed by atoms with Gasteiger partial charge < -0.3 is 10.2 Å². The van der Waals surface area contributed by atoms with Crippen molar-refractivity contribution >= 4 is 29.2 Å². The second kappa shape index (κ2) is 5.79. The second-order valence-corrected chi connectivity index (χ2v) is 5.89. The first-order valence-corrected chi connectivity index (χ1v) is 7.81. The first kappa shape index (κ1) is 12.7. The predicted octanol–water partition coefficient (Wildman–Crippen LogP) is 1.28. The molecule has 19 heavy (non-hydrogen) atoms. The predicted molar refractivity (Wildman–Crippen MR) is 78.6 cm³/mol. The van der Waals surface area contributed by atoms with Crippen LogP contribution >= 0.6 is 11.8 Å². The Hall–Kier alpha value is -1.27. The van der Waals surface area contributed by atoms with Gasteiger partial charge in [0.15, 0.2) is 0 Å². The number of rotatable bonds is 3. The molecule has 0 saturated carbocycles. The normalized spacial score (nSPS) is 22.7. The van der Waals surface area contributed by atoms with Crippen LogP contribution in [-0.4, -0.2) is 41.7 Å². The molecule has 0 aliphatic carbocycles. The lowest BCUT2D eigenvalue weighted by Gasteiger charge is -2.16. The van der Waals surface area contributed by atoms with Crippen molar-refractivity contribution in [3.63, 3.8) is 0 Å². The molecule has 0 spiro atoms. The van der Waals surface area contributed by atoms with Crippen molar-refractivity contribution in [1.29, 1.82) is 0 Å². The number of hydrogen-bond acceptors (Lipinski definition) is 5. The van der Waals surface area contributed by atoms with Crippen LogP contribution in [0.5, 0.6) is 0 Å². The molecule has 1 atom stereocenters. The van der Waals surface area contributed by atoms with Crippen molar-refractivity contribution in [2.24, 2.45) is 0 Å². The van der Waals surface area contributed by atoms with E-state index in [1.807, 2.05) is 12.1 Å². The Labute approximate surface area is 117 Å². The number of thioether (sulfide) groups is 1. The highest BCUT2D eigenvalue weighted by molar-refractivity contribution is 7.99. The van der Waals surface area contributed by atoms with Gasteiger partial charge in [-0.05, 0) is 25.0 Å². The summed E-state index contributed by atoms with van der Waals surface area (Å²) in [6, 6.07) is 3.83. The second-order valence-electron chi connectivity index (χ2n) is 4.86. The van der Waals surface area contributed by atoms with Gasteiger partial charge in [0.25, 0.3) is 0 Å². The highest BCUT2D eigenvalue weighted by Gasteiger charge is 2.22. The number of anilines is 2. The smallest absolute Gasteiger partial charge is 0.242 e. The third kappa shape index (κ3) is 3.01. The molecule has 1 aromatic heterocycles. The summed E-state index contributed by atoms with van der Waals surface area (Å²) in [7, 11) is 0. The Kier molecular flexibility index (Phi) is 3.89. The molecule has 102 valence electrons. The zero-order valence-corrected chi connectivity index (χ0v) is 11.6. The van der Waals surface area contributed by atoms with Crippen LogP contribution in [0.25, 0.3) is 0 Å². The lowest BCUT2D eigenvalue weighted by atomic mass is 10.3. The van der Waals surface area contributed by atoms with E-state index in [-0.39, 0.29) is 11.9 Å². The minimum atomic E-state index is -0.0803. The fourth-order valence-corrected chi connectivity index (χ4v) is 3.33. The van der Waals surface area contributed by atoms with E-state index in [0.29, 0.717) is 0 Å². The Bertz CT molecular complexity index is 438. The third-order valence-corrected chi connectivity index (χ3v) is 4.42. The van der Waals surface area contributed by atoms with E-state index < -0.39 is 0 Å². The van der Waals surface area contributed by atoms with E-state index in [4.69, 9.17) is 0 Å². The summed E-state index contributed by atoms with van der Waals surface area (Å²) >= 11 is 1.75. The van der Waals surface area contributed by atoms with Gasteiger partial charge in [0.2, 0.25) is 5.91 Å². The maximum atomic E-state index is 11.9. The van der Waals surface area contributed by atoms with E-state index in [9.17, 15) is 4.79 Å². The van der Waals surface area contributed by atoms with Gasteiger partial charge in [-0.15, -0.1) is 11.8 Å². The standard InChI is InChI=1S/C13H18N4OS/c18-13(11-8-19-9-15-11)16-10-3-4-12(14-7-10)17-5-1-2-6-17/h3-4,7,11,15H,1-2,5-6,8-9H2,(H,16,18). The molecular formula is C13H18N4OS. The Morgan fingerprint density at radius 3 is 2.89 bits per heavy atom. The molecule has 0 radical (unpaired) electrons. The molecule has 1 amide bonds. The molecule has 2 saturated heterocycles. The van der Waals surface area contributed by atoms with Crippen LogP contribution in [0.1, 0.15) is 12.8 Å². The maximum Gasteiger partial charge on any atom is 0.242 e. The number of nitrogens with one attached hydrogen (secondary N) is 2. The molecule has 1 aromatic rings. The lowest BCUT2D eigenvalue weighted by molar-refractivity contribution is -0.117. The average molecular weight is 278 g/mol. The molecule has 2 fully saturated rings. The van der Waals surface area contributed by atoms with Gasteiger partial charge in [0, 0.05) is 24.7 Å². The summed E-state index contributed by atoms with van der Waals surface area (Å²) in [5.41, 5.74) is 0.770. The van der Waals surface area contributed by atoms with Crippen LogP contribution in [0, 0.1) is 0 Å². The minimum absolute atomic E-state index is 0.0284. The Balaban J connectivity index is 1.60. The van der Waals surface area contributed by atoms with Crippen LogP contribution in [0.15, 0.2) is 18.3 Å². The van der Waals surface area contributed by atoms with E-state index in [0.717, 1.165) is 36.2 Å². The van der Waals surface area contributed by atoms with E-state index >= 15 is 0 Å². The largest absolute Gasteiger partial charge is 0.357 e. The van der Waals surface area contributed by atoms with Gasteiger partial charge >= 0.3 is 0 Å². The fourth-order valence-electron chi connectivity index (χ4n) is 2.39. The van der Waals surface area contributed by atoms with Gasteiger partial charge in [-0.3, -0.25) is 10.1 Å². The van der Waals surface area contributed by atoms with Crippen LogP contribution in [0.3, 0.4) is 0 Å². The van der Waals surface area contributed by atoms with Crippen molar-refractivity contribution in [3.05, 3.63) is 18.3 Å². The SMILES string of the molecule is O=C(Nc1ccc(N2CCCC2)nc1)C1CSCN1. The van der Waals surface area contributed by atoms with Gasteiger partial charge in [-0.2, -0.15) is 0 Å². The van der Waals surface area contributed by atoms with Gasteiger partial charge in [0.1, 0.15) is 5.82 Å². The Morgan fingerprint density at radius 2 is 2.26 bits per heavy atom. The van der Waals surface area contributed by atoms with E-state index in [1.165, 1.54) is 12.8 Å². The minimum Gasteiger partial charge on any atom is -0.357 e. The summed E-state index contributed by atoms with van der Waals surface area (Å²) in [4.78, 5) is 18.6. The molecular weight excluding hydrogens is 260 g/mol. The summed E-state index contributed by atoms with van der Waals surface area (Å²) in [6.45, 7) is 2.17. The van der Waals surface area contributed by atoms with Crippen molar-refractivity contribution in [1.82, 2.24) is 10.3 Å². The van der Waals surface area contributed by atoms with Crippen LogP contribution in [0.2, 0.25) is 0 Å². The zero-order chi connectivity index (χ0) is 13.1. The van der Waals surface area contributed by atoms with Gasteiger partial charge in [-0.25, -0.2) is 4.98 Å². The van der Waals surface area contributed by atoms with Gasteiger partial charge in [0.05, 0.1) is 17.9 Å². The topological polar surface area (TPSA) is 57.3 Å². The first-order chi connectivity index (χ1) is 9.33. The highest BCUT2D eigenvalue weighted by Crippen LogP contribution is 2.19. The first-order valence-electron chi connectivity index (χ1n) is 6.66. The summed E-state index contributed by atoms with van der Waals surface area (Å²) in [5, 5.41) is 6.06. The Morgan fingerprint density at radius 1 is 1.42 bits per heavy atom. The number of carbonyl (C=O) groups is 1. The molecule has 2 aliphatic rings. The quantitative estimate of drug-likeness (QED) is 0.872. The zero-order valence-electron chi connectivity index (χ0n) is 10.8. The van der Waals surface area contributed by atoms with Crippen LogP contribution < -0.4 is 15.5 Å². The molecule has 2 N–H and O–H groups in total. The van der Waals surface area contributed by atoms with Crippen molar-refractivity contribution in [2.45, 2.75) is 18.9 Å². The van der Waals surface area contributed by atoms with Crippen molar-refractivity contribution in [3.8, 4) is 0 Å². The summed E-state index contributed by atoms with van der Waals surface area (Å²) in [5.74, 6) is 2.72. The number of pyridine rings is 1. The van der Waals surface area contributed by atoms with Gasteiger partial charge in [-0.1, -0.05) is 0 Å². The number of nitrogens with zero attached hydrogens (tertiary/aromatic N) is 2. The fraction of sp³-hybridized carbons (Fsp3) is 0.538. The molecule has 1 unspecified atom stereocenters. The summed E-state index contributed by atoms with van der Waals surface area (Å²) in [6.07, 6.45) is 4.23. The van der Waals surface area contributed by atoms with E-state index in [1.54, 1.807) is 18.0 Å². The molecule has 3 heterocycles. The lowest BCUT2D eigenvalue weighted by Crippen LogP contribution is -2.37. The monoisotopic (exact) mass is 278 g/mol. The number of amides is 1. The summed E-state index contributed by atoms with van der Waals surface area (Å²) < 4.78 is 0. The number of carbonyl (C=O) groups excluding carboxylic acids is 1.